The van der Waals surface area contributed by atoms with Gasteiger partial charge in [0.2, 0.25) is 0 Å². The SMILES string of the molecule is CC1Cc2c(-c3ccccc3-c3ccccc3)cccc2C1O. The van der Waals surface area contributed by atoms with Gasteiger partial charge in [0.1, 0.15) is 0 Å². The van der Waals surface area contributed by atoms with Gasteiger partial charge >= 0.3 is 0 Å². The summed E-state index contributed by atoms with van der Waals surface area (Å²) in [5.41, 5.74) is 7.37. The average Bonchev–Trinajstić information content (AvgIpc) is 2.90. The van der Waals surface area contributed by atoms with Crippen LogP contribution in [-0.4, -0.2) is 5.11 Å². The highest BCUT2D eigenvalue weighted by atomic mass is 16.3. The van der Waals surface area contributed by atoms with Crippen molar-refractivity contribution in [1.29, 1.82) is 0 Å². The minimum Gasteiger partial charge on any atom is -0.388 e. The Labute approximate surface area is 137 Å². The zero-order valence-electron chi connectivity index (χ0n) is 13.2. The van der Waals surface area contributed by atoms with Crippen molar-refractivity contribution < 1.29 is 5.11 Å². The molecule has 0 aromatic heterocycles. The van der Waals surface area contributed by atoms with Crippen LogP contribution >= 0.6 is 0 Å². The summed E-state index contributed by atoms with van der Waals surface area (Å²) in [6.45, 7) is 2.12. The second-order valence-electron chi connectivity index (χ2n) is 6.41. The van der Waals surface area contributed by atoms with E-state index in [2.05, 4.69) is 73.7 Å². The second-order valence-corrected chi connectivity index (χ2v) is 6.41. The number of aliphatic hydroxyl groups excluding tert-OH is 1. The minimum atomic E-state index is -0.339. The normalized spacial score (nSPS) is 19.6. The summed E-state index contributed by atoms with van der Waals surface area (Å²) in [6, 6.07) is 25.4. The van der Waals surface area contributed by atoms with Gasteiger partial charge in [-0.3, -0.25) is 0 Å². The topological polar surface area (TPSA) is 20.2 Å². The van der Waals surface area contributed by atoms with Crippen molar-refractivity contribution in [2.24, 2.45) is 5.92 Å². The molecule has 4 rings (SSSR count). The lowest BCUT2D eigenvalue weighted by Crippen LogP contribution is -2.00. The van der Waals surface area contributed by atoms with Crippen molar-refractivity contribution in [2.45, 2.75) is 19.4 Å². The van der Waals surface area contributed by atoms with Crippen LogP contribution in [0.4, 0.5) is 0 Å². The van der Waals surface area contributed by atoms with Crippen LogP contribution in [0.5, 0.6) is 0 Å². The average molecular weight is 300 g/mol. The minimum absolute atomic E-state index is 0.287. The standard InChI is InChI=1S/C22H20O/c1-15-14-21-19(12-7-13-20(21)22(15)23)18-11-6-5-10-17(18)16-8-3-2-4-9-16/h2-13,15,22-23H,14H2,1H3. The summed E-state index contributed by atoms with van der Waals surface area (Å²) in [5, 5.41) is 10.4. The Bertz CT molecular complexity index is 836. The lowest BCUT2D eigenvalue weighted by atomic mass is 9.90. The Hall–Kier alpha value is -2.38. The summed E-state index contributed by atoms with van der Waals surface area (Å²) in [5.74, 6) is 0.287. The maximum atomic E-state index is 10.4. The Morgan fingerprint density at radius 3 is 2.17 bits per heavy atom. The Morgan fingerprint density at radius 1 is 0.739 bits per heavy atom. The summed E-state index contributed by atoms with van der Waals surface area (Å²) in [7, 11) is 0. The van der Waals surface area contributed by atoms with Gasteiger partial charge in [-0.1, -0.05) is 79.7 Å². The van der Waals surface area contributed by atoms with Crippen molar-refractivity contribution >= 4 is 0 Å². The van der Waals surface area contributed by atoms with Crippen LogP contribution < -0.4 is 0 Å². The quantitative estimate of drug-likeness (QED) is 0.685. The van der Waals surface area contributed by atoms with E-state index in [1.54, 1.807) is 0 Å². The lowest BCUT2D eigenvalue weighted by molar-refractivity contribution is 0.133. The molecule has 0 aliphatic heterocycles. The van der Waals surface area contributed by atoms with Gasteiger partial charge in [-0.2, -0.15) is 0 Å². The van der Waals surface area contributed by atoms with Gasteiger partial charge in [-0.05, 0) is 45.7 Å². The summed E-state index contributed by atoms with van der Waals surface area (Å²) in [6.07, 6.45) is 0.601. The molecule has 0 amide bonds. The first-order valence-corrected chi connectivity index (χ1v) is 8.20. The van der Waals surface area contributed by atoms with Crippen LogP contribution in [0.25, 0.3) is 22.3 Å². The number of fused-ring (bicyclic) bond motifs is 1. The highest BCUT2D eigenvalue weighted by molar-refractivity contribution is 5.85. The molecule has 1 aliphatic carbocycles. The van der Waals surface area contributed by atoms with Gasteiger partial charge in [-0.15, -0.1) is 0 Å². The predicted octanol–water partition coefficient (Wildman–Crippen LogP) is 5.25. The van der Waals surface area contributed by atoms with Crippen molar-refractivity contribution in [3.63, 3.8) is 0 Å². The van der Waals surface area contributed by atoms with Crippen LogP contribution in [0.2, 0.25) is 0 Å². The van der Waals surface area contributed by atoms with Crippen molar-refractivity contribution in [3.05, 3.63) is 83.9 Å². The maximum absolute atomic E-state index is 10.4. The largest absolute Gasteiger partial charge is 0.388 e. The molecule has 2 atom stereocenters. The Kier molecular flexibility index (Phi) is 3.51. The first kappa shape index (κ1) is 14.2. The molecule has 0 fully saturated rings. The molecule has 1 N–H and O–H groups in total. The van der Waals surface area contributed by atoms with E-state index in [1.165, 1.54) is 27.8 Å². The highest BCUT2D eigenvalue weighted by Gasteiger charge is 2.29. The third-order valence-corrected chi connectivity index (χ3v) is 4.90. The monoisotopic (exact) mass is 300 g/mol. The molecule has 0 saturated heterocycles. The third kappa shape index (κ3) is 2.38. The number of hydrogen-bond donors (Lipinski definition) is 1. The zero-order chi connectivity index (χ0) is 15.8. The van der Waals surface area contributed by atoms with Crippen LogP contribution in [0.3, 0.4) is 0 Å². The first-order valence-electron chi connectivity index (χ1n) is 8.20. The molecule has 0 spiro atoms. The molecule has 1 nitrogen and oxygen atoms in total. The van der Waals surface area contributed by atoms with E-state index in [0.717, 1.165) is 12.0 Å². The van der Waals surface area contributed by atoms with Gasteiger partial charge in [0, 0.05) is 0 Å². The van der Waals surface area contributed by atoms with E-state index >= 15 is 0 Å². The predicted molar refractivity (Wildman–Crippen MR) is 95.1 cm³/mol. The van der Waals surface area contributed by atoms with Gasteiger partial charge in [-0.25, -0.2) is 0 Å². The fraction of sp³-hybridized carbons (Fsp3) is 0.182. The van der Waals surface area contributed by atoms with Crippen LogP contribution in [-0.2, 0) is 6.42 Å². The summed E-state index contributed by atoms with van der Waals surface area (Å²) < 4.78 is 0. The molecule has 0 saturated carbocycles. The van der Waals surface area contributed by atoms with Gasteiger partial charge in [0.25, 0.3) is 0 Å². The number of rotatable bonds is 2. The van der Waals surface area contributed by atoms with Crippen LogP contribution in [0.1, 0.15) is 24.2 Å². The highest BCUT2D eigenvalue weighted by Crippen LogP contribution is 2.43. The van der Waals surface area contributed by atoms with E-state index in [9.17, 15) is 5.11 Å². The molecular weight excluding hydrogens is 280 g/mol. The van der Waals surface area contributed by atoms with Gasteiger partial charge in [0.05, 0.1) is 6.10 Å². The molecule has 1 aliphatic rings. The molecule has 3 aromatic carbocycles. The van der Waals surface area contributed by atoms with Crippen molar-refractivity contribution in [2.75, 3.05) is 0 Å². The molecule has 3 aromatic rings. The van der Waals surface area contributed by atoms with E-state index in [-0.39, 0.29) is 12.0 Å². The molecule has 114 valence electrons. The van der Waals surface area contributed by atoms with E-state index in [4.69, 9.17) is 0 Å². The van der Waals surface area contributed by atoms with Crippen LogP contribution in [0.15, 0.2) is 72.8 Å². The van der Waals surface area contributed by atoms with Crippen LogP contribution in [0, 0.1) is 5.92 Å². The molecule has 1 heteroatoms. The van der Waals surface area contributed by atoms with E-state index in [0.29, 0.717) is 0 Å². The third-order valence-electron chi connectivity index (χ3n) is 4.90. The van der Waals surface area contributed by atoms with Gasteiger partial charge < -0.3 is 5.11 Å². The smallest absolute Gasteiger partial charge is 0.0821 e. The molecule has 0 heterocycles. The van der Waals surface area contributed by atoms with Gasteiger partial charge in [0.15, 0.2) is 0 Å². The number of benzene rings is 3. The number of aliphatic hydroxyl groups is 1. The number of hydrogen-bond acceptors (Lipinski definition) is 1. The molecule has 0 bridgehead atoms. The van der Waals surface area contributed by atoms with E-state index in [1.807, 2.05) is 6.07 Å². The molecule has 23 heavy (non-hydrogen) atoms. The summed E-state index contributed by atoms with van der Waals surface area (Å²) in [4.78, 5) is 0. The van der Waals surface area contributed by atoms with Crippen molar-refractivity contribution in [1.82, 2.24) is 0 Å². The van der Waals surface area contributed by atoms with Crippen molar-refractivity contribution in [3.8, 4) is 22.3 Å². The first-order chi connectivity index (χ1) is 11.3. The zero-order valence-corrected chi connectivity index (χ0v) is 13.2. The fourth-order valence-electron chi connectivity index (χ4n) is 3.69. The van der Waals surface area contributed by atoms with E-state index < -0.39 is 0 Å². The lowest BCUT2D eigenvalue weighted by Gasteiger charge is -2.14. The molecular formula is C22H20O. The summed E-state index contributed by atoms with van der Waals surface area (Å²) >= 11 is 0. The second kappa shape index (κ2) is 5.68. The maximum Gasteiger partial charge on any atom is 0.0821 e. The molecule has 0 radical (unpaired) electrons. The molecule has 2 unspecified atom stereocenters. The Balaban J connectivity index is 1.92. The Morgan fingerprint density at radius 2 is 1.39 bits per heavy atom. The fourth-order valence-corrected chi connectivity index (χ4v) is 3.69.